The Hall–Kier alpha value is -0.940. The van der Waals surface area contributed by atoms with Crippen LogP contribution in [0.2, 0.25) is 0 Å². The zero-order valence-electron chi connectivity index (χ0n) is 8.14. The molecule has 4 nitrogen and oxygen atoms in total. The molecule has 0 aliphatic carbocycles. The molecule has 0 bridgehead atoms. The standard InChI is InChI=1S/C9H13N3OS/c1-11-2-4-12(5-3-11)9(13)8-6-10-7-14-8/h6-7H,2-5H2,1H3. The zero-order valence-corrected chi connectivity index (χ0v) is 8.96. The monoisotopic (exact) mass is 211 g/mol. The molecule has 1 aliphatic heterocycles. The van der Waals surface area contributed by atoms with Gasteiger partial charge in [0, 0.05) is 26.2 Å². The minimum absolute atomic E-state index is 0.126. The maximum atomic E-state index is 11.8. The molecule has 0 aromatic carbocycles. The van der Waals surface area contributed by atoms with Crippen LogP contribution in [0.1, 0.15) is 9.67 Å². The molecular weight excluding hydrogens is 198 g/mol. The second-order valence-corrected chi connectivity index (χ2v) is 4.35. The Balaban J connectivity index is 1.99. The van der Waals surface area contributed by atoms with Gasteiger partial charge < -0.3 is 9.80 Å². The number of rotatable bonds is 1. The number of likely N-dealkylation sites (N-methyl/N-ethyl adjacent to an activating group) is 1. The smallest absolute Gasteiger partial charge is 0.265 e. The first-order valence-electron chi connectivity index (χ1n) is 4.63. The molecule has 1 fully saturated rings. The number of nitrogens with zero attached hydrogens (tertiary/aromatic N) is 3. The molecule has 0 atom stereocenters. The third-order valence-electron chi connectivity index (χ3n) is 2.43. The molecule has 1 saturated heterocycles. The summed E-state index contributed by atoms with van der Waals surface area (Å²) >= 11 is 1.41. The largest absolute Gasteiger partial charge is 0.335 e. The van der Waals surface area contributed by atoms with Gasteiger partial charge in [0.1, 0.15) is 4.88 Å². The van der Waals surface area contributed by atoms with Gasteiger partial charge in [0.25, 0.3) is 5.91 Å². The molecule has 1 amide bonds. The van der Waals surface area contributed by atoms with Crippen LogP contribution in [0.15, 0.2) is 11.7 Å². The Bertz CT molecular complexity index is 304. The topological polar surface area (TPSA) is 36.4 Å². The molecule has 14 heavy (non-hydrogen) atoms. The van der Waals surface area contributed by atoms with E-state index in [4.69, 9.17) is 0 Å². The van der Waals surface area contributed by atoms with Crippen LogP contribution in [0.3, 0.4) is 0 Å². The quantitative estimate of drug-likeness (QED) is 0.680. The van der Waals surface area contributed by atoms with Crippen LogP contribution in [-0.2, 0) is 0 Å². The summed E-state index contributed by atoms with van der Waals surface area (Å²) in [5.41, 5.74) is 1.70. The average Bonchev–Trinajstić information content (AvgIpc) is 2.71. The minimum Gasteiger partial charge on any atom is -0.335 e. The maximum Gasteiger partial charge on any atom is 0.265 e. The molecule has 76 valence electrons. The number of hydrogen-bond acceptors (Lipinski definition) is 4. The average molecular weight is 211 g/mol. The first kappa shape index (κ1) is 9.61. The fourth-order valence-corrected chi connectivity index (χ4v) is 2.07. The first-order chi connectivity index (χ1) is 6.77. The van der Waals surface area contributed by atoms with Crippen molar-refractivity contribution in [2.75, 3.05) is 33.2 Å². The molecule has 1 aromatic heterocycles. The number of aromatic nitrogens is 1. The van der Waals surface area contributed by atoms with Crippen molar-refractivity contribution in [1.29, 1.82) is 0 Å². The van der Waals surface area contributed by atoms with E-state index < -0.39 is 0 Å². The van der Waals surface area contributed by atoms with E-state index in [9.17, 15) is 4.79 Å². The highest BCUT2D eigenvalue weighted by Gasteiger charge is 2.20. The Morgan fingerprint density at radius 2 is 2.14 bits per heavy atom. The molecule has 1 aromatic rings. The summed E-state index contributed by atoms with van der Waals surface area (Å²) in [5, 5.41) is 0. The third kappa shape index (κ3) is 1.93. The molecule has 0 saturated carbocycles. The molecule has 5 heteroatoms. The van der Waals surface area contributed by atoms with Gasteiger partial charge in [0.2, 0.25) is 0 Å². The van der Waals surface area contributed by atoms with E-state index in [1.807, 2.05) is 4.90 Å². The van der Waals surface area contributed by atoms with Crippen molar-refractivity contribution < 1.29 is 4.79 Å². The van der Waals surface area contributed by atoms with Crippen molar-refractivity contribution in [2.45, 2.75) is 0 Å². The summed E-state index contributed by atoms with van der Waals surface area (Å²) in [6.45, 7) is 3.58. The van der Waals surface area contributed by atoms with E-state index in [2.05, 4.69) is 16.9 Å². The molecule has 0 spiro atoms. The first-order valence-corrected chi connectivity index (χ1v) is 5.51. The summed E-state index contributed by atoms with van der Waals surface area (Å²) in [6.07, 6.45) is 1.64. The summed E-state index contributed by atoms with van der Waals surface area (Å²) in [7, 11) is 2.08. The van der Waals surface area contributed by atoms with Gasteiger partial charge in [-0.2, -0.15) is 0 Å². The molecule has 2 heterocycles. The van der Waals surface area contributed by atoms with E-state index in [1.165, 1.54) is 11.3 Å². The number of amides is 1. The SMILES string of the molecule is CN1CCN(C(=O)c2cncs2)CC1. The fourth-order valence-electron chi connectivity index (χ4n) is 1.49. The number of piperazine rings is 1. The molecule has 0 unspecified atom stereocenters. The van der Waals surface area contributed by atoms with Crippen LogP contribution in [0.5, 0.6) is 0 Å². The summed E-state index contributed by atoms with van der Waals surface area (Å²) < 4.78 is 0. The Morgan fingerprint density at radius 1 is 1.43 bits per heavy atom. The van der Waals surface area contributed by atoms with Gasteiger partial charge in [-0.3, -0.25) is 9.78 Å². The van der Waals surface area contributed by atoms with E-state index in [-0.39, 0.29) is 5.91 Å². The summed E-state index contributed by atoms with van der Waals surface area (Å²) in [4.78, 5) is 20.6. The molecule has 1 aliphatic rings. The molecule has 0 N–H and O–H groups in total. The lowest BCUT2D eigenvalue weighted by Gasteiger charge is -2.31. The lowest BCUT2D eigenvalue weighted by atomic mass is 10.3. The van der Waals surface area contributed by atoms with E-state index >= 15 is 0 Å². The number of thiazole rings is 1. The van der Waals surface area contributed by atoms with Crippen LogP contribution in [-0.4, -0.2) is 53.9 Å². The van der Waals surface area contributed by atoms with Crippen molar-refractivity contribution in [3.05, 3.63) is 16.6 Å². The van der Waals surface area contributed by atoms with Gasteiger partial charge in [-0.05, 0) is 7.05 Å². The van der Waals surface area contributed by atoms with Crippen LogP contribution >= 0.6 is 11.3 Å². The zero-order chi connectivity index (χ0) is 9.97. The van der Waals surface area contributed by atoms with Gasteiger partial charge in [0.15, 0.2) is 0 Å². The highest BCUT2D eigenvalue weighted by atomic mass is 32.1. The number of carbonyl (C=O) groups excluding carboxylic acids is 1. The predicted molar refractivity (Wildman–Crippen MR) is 55.5 cm³/mol. The summed E-state index contributed by atoms with van der Waals surface area (Å²) in [6, 6.07) is 0. The van der Waals surface area contributed by atoms with Gasteiger partial charge in [0.05, 0.1) is 11.7 Å². The van der Waals surface area contributed by atoms with Crippen molar-refractivity contribution >= 4 is 17.2 Å². The second-order valence-electron chi connectivity index (χ2n) is 3.46. The number of carbonyl (C=O) groups is 1. The normalized spacial score (nSPS) is 18.5. The van der Waals surface area contributed by atoms with Crippen molar-refractivity contribution in [1.82, 2.24) is 14.8 Å². The fraction of sp³-hybridized carbons (Fsp3) is 0.556. The lowest BCUT2D eigenvalue weighted by Crippen LogP contribution is -2.46. The maximum absolute atomic E-state index is 11.8. The molecule has 0 radical (unpaired) electrons. The van der Waals surface area contributed by atoms with Gasteiger partial charge in [-0.15, -0.1) is 11.3 Å². The molecular formula is C9H13N3OS. The van der Waals surface area contributed by atoms with Crippen LogP contribution in [0, 0.1) is 0 Å². The summed E-state index contributed by atoms with van der Waals surface area (Å²) in [5.74, 6) is 0.126. The van der Waals surface area contributed by atoms with Crippen molar-refractivity contribution in [3.8, 4) is 0 Å². The predicted octanol–water partition coefficient (Wildman–Crippen LogP) is 0.531. The van der Waals surface area contributed by atoms with E-state index in [1.54, 1.807) is 11.7 Å². The Kier molecular flexibility index (Phi) is 2.79. The second kappa shape index (κ2) is 4.06. The van der Waals surface area contributed by atoms with Crippen LogP contribution in [0.4, 0.5) is 0 Å². The Labute approximate surface area is 87.2 Å². The minimum atomic E-state index is 0.126. The van der Waals surface area contributed by atoms with Crippen molar-refractivity contribution in [2.24, 2.45) is 0 Å². The third-order valence-corrected chi connectivity index (χ3v) is 3.19. The lowest BCUT2D eigenvalue weighted by molar-refractivity contribution is 0.0669. The van der Waals surface area contributed by atoms with Crippen molar-refractivity contribution in [3.63, 3.8) is 0 Å². The highest BCUT2D eigenvalue weighted by Crippen LogP contribution is 2.11. The van der Waals surface area contributed by atoms with Gasteiger partial charge in [-0.25, -0.2) is 0 Å². The number of hydrogen-bond donors (Lipinski definition) is 0. The van der Waals surface area contributed by atoms with E-state index in [0.29, 0.717) is 0 Å². The Morgan fingerprint density at radius 3 is 2.71 bits per heavy atom. The van der Waals surface area contributed by atoms with E-state index in [0.717, 1.165) is 31.1 Å². The van der Waals surface area contributed by atoms with Gasteiger partial charge >= 0.3 is 0 Å². The van der Waals surface area contributed by atoms with Crippen LogP contribution < -0.4 is 0 Å². The van der Waals surface area contributed by atoms with Gasteiger partial charge in [-0.1, -0.05) is 0 Å². The highest BCUT2D eigenvalue weighted by molar-refractivity contribution is 7.11. The molecule has 2 rings (SSSR count). The van der Waals surface area contributed by atoms with Crippen LogP contribution in [0.25, 0.3) is 0 Å².